The molecule has 0 saturated heterocycles. The molecule has 0 bridgehead atoms. The van der Waals surface area contributed by atoms with Crippen molar-refractivity contribution >= 4 is 5.97 Å². The second kappa shape index (κ2) is 9.55. The Kier molecular flexibility index (Phi) is 6.86. The molecule has 2 N–H and O–H groups in total. The summed E-state index contributed by atoms with van der Waals surface area (Å²) in [6, 6.07) is 9.47. The van der Waals surface area contributed by atoms with E-state index in [0.29, 0.717) is 37.6 Å². The molecule has 0 atom stereocenters. The molecule has 158 valence electrons. The molecule has 30 heavy (non-hydrogen) atoms. The van der Waals surface area contributed by atoms with Gasteiger partial charge in [-0.3, -0.25) is 4.98 Å². The molecule has 0 aliphatic carbocycles. The van der Waals surface area contributed by atoms with Gasteiger partial charge in [-0.05, 0) is 50.8 Å². The Bertz CT molecular complexity index is 1020. The van der Waals surface area contributed by atoms with Crippen molar-refractivity contribution in [3.63, 3.8) is 0 Å². The zero-order chi connectivity index (χ0) is 21.7. The van der Waals surface area contributed by atoms with Crippen LogP contribution in [-0.4, -0.2) is 49.8 Å². The van der Waals surface area contributed by atoms with Gasteiger partial charge in [0, 0.05) is 12.2 Å². The van der Waals surface area contributed by atoms with Crippen LogP contribution in [0.2, 0.25) is 0 Å². The molecule has 0 aliphatic heterocycles. The third-order valence-electron chi connectivity index (χ3n) is 4.46. The first kappa shape index (κ1) is 21.5. The van der Waals surface area contributed by atoms with Gasteiger partial charge in [-0.25, -0.2) is 9.18 Å². The normalized spacial score (nSPS) is 11.2. The number of hydrogen-bond acceptors (Lipinski definition) is 6. The van der Waals surface area contributed by atoms with Gasteiger partial charge in [-0.15, -0.1) is 10.2 Å². The maximum Gasteiger partial charge on any atom is 0.335 e. The Morgan fingerprint density at radius 1 is 1.13 bits per heavy atom. The summed E-state index contributed by atoms with van der Waals surface area (Å²) in [6.45, 7) is 3.74. The van der Waals surface area contributed by atoms with Gasteiger partial charge in [0.25, 0.3) is 0 Å². The number of halogens is 1. The largest absolute Gasteiger partial charge is 0.478 e. The zero-order valence-electron chi connectivity index (χ0n) is 17.3. The van der Waals surface area contributed by atoms with Gasteiger partial charge < -0.3 is 19.9 Å². The number of carbonyl (C=O) groups is 1. The fourth-order valence-corrected chi connectivity index (χ4v) is 3.11. The summed E-state index contributed by atoms with van der Waals surface area (Å²) < 4.78 is 15.2. The summed E-state index contributed by atoms with van der Waals surface area (Å²) in [5.74, 6) is 0.295. The maximum absolute atomic E-state index is 13.2. The molecule has 0 aliphatic rings. The van der Waals surface area contributed by atoms with E-state index in [4.69, 9.17) is 0 Å². The van der Waals surface area contributed by atoms with Crippen LogP contribution in [0.5, 0.6) is 0 Å². The molecule has 3 rings (SSSR count). The lowest BCUT2D eigenvalue weighted by Crippen LogP contribution is -2.21. The summed E-state index contributed by atoms with van der Waals surface area (Å²) in [7, 11) is 3.91. The Morgan fingerprint density at radius 3 is 2.50 bits per heavy atom. The van der Waals surface area contributed by atoms with Gasteiger partial charge in [0.1, 0.15) is 17.5 Å². The third-order valence-corrected chi connectivity index (χ3v) is 4.46. The number of carboxylic acids is 1. The summed E-state index contributed by atoms with van der Waals surface area (Å²) >= 11 is 0. The molecule has 2 aromatic heterocycles. The second-order valence-electron chi connectivity index (χ2n) is 7.38. The van der Waals surface area contributed by atoms with E-state index in [1.54, 1.807) is 31.2 Å². The van der Waals surface area contributed by atoms with Gasteiger partial charge in [0.05, 0.1) is 30.9 Å². The Hall–Kier alpha value is -3.17. The van der Waals surface area contributed by atoms with Gasteiger partial charge in [-0.2, -0.15) is 0 Å². The van der Waals surface area contributed by atoms with Crippen molar-refractivity contribution in [1.82, 2.24) is 30.0 Å². The van der Waals surface area contributed by atoms with Crippen LogP contribution >= 0.6 is 0 Å². The van der Waals surface area contributed by atoms with Crippen molar-refractivity contribution in [2.45, 2.75) is 33.1 Å². The summed E-state index contributed by atoms with van der Waals surface area (Å²) in [5, 5.41) is 21.1. The molecule has 8 nitrogen and oxygen atoms in total. The molecule has 0 unspecified atom stereocenters. The van der Waals surface area contributed by atoms with Crippen LogP contribution in [-0.2, 0) is 26.2 Å². The third kappa shape index (κ3) is 5.68. The molecule has 0 radical (unpaired) electrons. The average molecular weight is 412 g/mol. The highest BCUT2D eigenvalue weighted by atomic mass is 19.1. The van der Waals surface area contributed by atoms with Crippen LogP contribution in [0.1, 0.15) is 39.0 Å². The summed E-state index contributed by atoms with van der Waals surface area (Å²) in [6.07, 6.45) is 0. The highest BCUT2D eigenvalue weighted by Crippen LogP contribution is 2.11. The summed E-state index contributed by atoms with van der Waals surface area (Å²) in [4.78, 5) is 17.6. The predicted octanol–water partition coefficient (Wildman–Crippen LogP) is 2.22. The molecule has 3 aromatic rings. The van der Waals surface area contributed by atoms with Gasteiger partial charge >= 0.3 is 5.97 Å². The number of nitrogens with zero attached hydrogens (tertiary/aromatic N) is 5. The van der Waals surface area contributed by atoms with Crippen LogP contribution in [0.25, 0.3) is 0 Å². The SMILES string of the molecule is Cc1cc(C(=O)O)cc(CNCc2nnc(CN(C)C)n2Cc2ccc(F)cc2)n1. The minimum absolute atomic E-state index is 0.215. The topological polar surface area (TPSA) is 96.2 Å². The van der Waals surface area contributed by atoms with E-state index in [2.05, 4.69) is 20.5 Å². The standard InChI is InChI=1S/C21H25FN6O2/c1-14-8-16(21(29)30)9-18(24-14)10-23-11-19-25-26-20(13-27(2)3)28(19)12-15-4-6-17(22)7-5-15/h4-9,23H,10-13H2,1-3H3,(H,29,30). The molecule has 2 heterocycles. The lowest BCUT2D eigenvalue weighted by molar-refractivity contribution is 0.0696. The molecule has 9 heteroatoms. The van der Waals surface area contributed by atoms with Gasteiger partial charge in [0.15, 0.2) is 0 Å². The lowest BCUT2D eigenvalue weighted by atomic mass is 10.2. The molecular formula is C21H25FN6O2. The lowest BCUT2D eigenvalue weighted by Gasteiger charge is -2.14. The number of benzene rings is 1. The molecule has 0 fully saturated rings. The van der Waals surface area contributed by atoms with Crippen molar-refractivity contribution in [2.75, 3.05) is 14.1 Å². The van der Waals surface area contributed by atoms with Crippen molar-refractivity contribution in [3.8, 4) is 0 Å². The number of aromatic carboxylic acids is 1. The molecule has 0 amide bonds. The molecular weight excluding hydrogens is 387 g/mol. The van der Waals surface area contributed by atoms with E-state index in [0.717, 1.165) is 17.2 Å². The van der Waals surface area contributed by atoms with E-state index >= 15 is 0 Å². The van der Waals surface area contributed by atoms with Crippen molar-refractivity contribution in [2.24, 2.45) is 0 Å². The van der Waals surface area contributed by atoms with Crippen LogP contribution in [0.15, 0.2) is 36.4 Å². The van der Waals surface area contributed by atoms with E-state index in [9.17, 15) is 14.3 Å². The van der Waals surface area contributed by atoms with Crippen molar-refractivity contribution in [1.29, 1.82) is 0 Å². The Labute approximate surface area is 174 Å². The zero-order valence-corrected chi connectivity index (χ0v) is 17.3. The quantitative estimate of drug-likeness (QED) is 0.556. The number of hydrogen-bond donors (Lipinski definition) is 2. The van der Waals surface area contributed by atoms with Gasteiger partial charge in [-0.1, -0.05) is 12.1 Å². The Balaban J connectivity index is 1.74. The number of rotatable bonds is 9. The first-order valence-electron chi connectivity index (χ1n) is 9.53. The number of pyridine rings is 1. The smallest absolute Gasteiger partial charge is 0.335 e. The van der Waals surface area contributed by atoms with Crippen LogP contribution in [0.3, 0.4) is 0 Å². The van der Waals surface area contributed by atoms with E-state index in [1.165, 1.54) is 12.1 Å². The number of carboxylic acid groups (broad SMARTS) is 1. The average Bonchev–Trinajstić information content (AvgIpc) is 3.04. The van der Waals surface area contributed by atoms with Crippen molar-refractivity contribution < 1.29 is 14.3 Å². The predicted molar refractivity (Wildman–Crippen MR) is 109 cm³/mol. The van der Waals surface area contributed by atoms with Crippen LogP contribution < -0.4 is 5.32 Å². The van der Waals surface area contributed by atoms with Crippen LogP contribution in [0, 0.1) is 12.7 Å². The van der Waals surface area contributed by atoms with E-state index in [1.807, 2.05) is 23.6 Å². The fourth-order valence-electron chi connectivity index (χ4n) is 3.11. The molecule has 1 aromatic carbocycles. The number of nitrogens with one attached hydrogen (secondary N) is 1. The minimum atomic E-state index is -0.978. The number of aryl methyl sites for hydroxylation is 1. The highest BCUT2D eigenvalue weighted by molar-refractivity contribution is 5.87. The molecule has 0 spiro atoms. The van der Waals surface area contributed by atoms with Crippen molar-refractivity contribution in [3.05, 3.63) is 76.4 Å². The maximum atomic E-state index is 13.2. The summed E-state index contributed by atoms with van der Waals surface area (Å²) in [5.41, 5.74) is 2.46. The molecule has 0 saturated carbocycles. The van der Waals surface area contributed by atoms with E-state index in [-0.39, 0.29) is 11.4 Å². The van der Waals surface area contributed by atoms with Gasteiger partial charge in [0.2, 0.25) is 0 Å². The van der Waals surface area contributed by atoms with E-state index < -0.39 is 5.97 Å². The monoisotopic (exact) mass is 412 g/mol. The first-order valence-corrected chi connectivity index (χ1v) is 9.53. The first-order chi connectivity index (χ1) is 14.3. The highest BCUT2D eigenvalue weighted by Gasteiger charge is 2.14. The second-order valence-corrected chi connectivity index (χ2v) is 7.38. The number of aromatic nitrogens is 4. The Morgan fingerprint density at radius 2 is 1.83 bits per heavy atom. The van der Waals surface area contributed by atoms with Crippen LogP contribution in [0.4, 0.5) is 4.39 Å². The minimum Gasteiger partial charge on any atom is -0.478 e. The fraction of sp³-hybridized carbons (Fsp3) is 0.333.